The number of carbonyl (C=O) groups excluding carboxylic acids is 5. The summed E-state index contributed by atoms with van der Waals surface area (Å²) >= 11 is 18.4. The van der Waals surface area contributed by atoms with Crippen LogP contribution in [0.25, 0.3) is 42.5 Å². The van der Waals surface area contributed by atoms with Gasteiger partial charge in [-0.25, -0.2) is 0 Å². The van der Waals surface area contributed by atoms with Gasteiger partial charge in [0.25, 0.3) is 0 Å². The van der Waals surface area contributed by atoms with E-state index in [1.165, 1.54) is 0 Å². The van der Waals surface area contributed by atoms with Gasteiger partial charge in [0.15, 0.2) is 0 Å². The van der Waals surface area contributed by atoms with Crippen LogP contribution in [0.1, 0.15) is 126 Å². The number of hydrogen-bond acceptors (Lipinski definition) is 7. The summed E-state index contributed by atoms with van der Waals surface area (Å²) in [6.07, 6.45) is 15.6. The Balaban J connectivity index is 0.000000143. The second kappa shape index (κ2) is 24.0. The molecule has 0 N–H and O–H groups in total. The predicted molar refractivity (Wildman–Crippen MR) is 316 cm³/mol. The van der Waals surface area contributed by atoms with Gasteiger partial charge in [0.2, 0.25) is 17.7 Å². The van der Waals surface area contributed by atoms with Gasteiger partial charge in [0.05, 0.1) is 61.7 Å². The zero-order valence-corrected chi connectivity index (χ0v) is 46.5. The predicted octanol–water partition coefficient (Wildman–Crippen LogP) is 15.1. The highest BCUT2D eigenvalue weighted by molar-refractivity contribution is 6.31. The maximum atomic E-state index is 12.4. The summed E-state index contributed by atoms with van der Waals surface area (Å²) in [5, 5.41) is 1.94. The van der Waals surface area contributed by atoms with Crippen LogP contribution in [0.3, 0.4) is 0 Å². The van der Waals surface area contributed by atoms with Crippen molar-refractivity contribution in [3.05, 3.63) is 198 Å². The van der Waals surface area contributed by atoms with Gasteiger partial charge in [-0.2, -0.15) is 0 Å². The molecule has 0 spiro atoms. The zero-order valence-electron chi connectivity index (χ0n) is 44.2. The average molecular weight is 1100 g/mol. The highest BCUT2D eigenvalue weighted by Crippen LogP contribution is 2.50. The minimum Gasteiger partial charge on any atom is -0.466 e. The van der Waals surface area contributed by atoms with Crippen LogP contribution in [0.4, 0.5) is 17.1 Å². The van der Waals surface area contributed by atoms with E-state index in [9.17, 15) is 24.0 Å². The van der Waals surface area contributed by atoms with E-state index in [1.807, 2.05) is 86.7 Å². The molecule has 6 aromatic carbocycles. The second-order valence-corrected chi connectivity index (χ2v) is 21.2. The largest absolute Gasteiger partial charge is 0.466 e. The normalized spacial score (nSPS) is 19.2. The summed E-state index contributed by atoms with van der Waals surface area (Å²) in [5.41, 5.74) is 15.1. The quantitative estimate of drug-likeness (QED) is 0.146. The van der Waals surface area contributed by atoms with Crippen LogP contribution in [-0.2, 0) is 53.1 Å². The number of ether oxygens (including phenoxy) is 2. The Morgan fingerprint density at radius 3 is 1.14 bits per heavy atom. The van der Waals surface area contributed by atoms with E-state index in [1.54, 1.807) is 47.6 Å². The minimum atomic E-state index is -0.115. The molecule has 13 heteroatoms. The van der Waals surface area contributed by atoms with Gasteiger partial charge in [-0.3, -0.25) is 24.0 Å². The molecule has 3 heterocycles. The molecule has 78 heavy (non-hydrogen) atoms. The lowest BCUT2D eigenvalue weighted by atomic mass is 9.97. The van der Waals surface area contributed by atoms with E-state index < -0.39 is 0 Å². The molecule has 0 aromatic heterocycles. The van der Waals surface area contributed by atoms with Gasteiger partial charge in [-0.05, 0) is 166 Å². The third-order valence-electron chi connectivity index (χ3n) is 14.6. The summed E-state index contributed by atoms with van der Waals surface area (Å²) in [6, 6.07) is 35.4. The van der Waals surface area contributed by atoms with Gasteiger partial charge in [0.1, 0.15) is 0 Å². The number of esters is 2. The fourth-order valence-electron chi connectivity index (χ4n) is 10.4. The Kier molecular flexibility index (Phi) is 17.0. The number of hydrogen-bond donors (Lipinski definition) is 0. The first kappa shape index (κ1) is 55.3. The Hall–Kier alpha value is -7.50. The van der Waals surface area contributed by atoms with Crippen LogP contribution in [0.5, 0.6) is 0 Å². The van der Waals surface area contributed by atoms with Crippen molar-refractivity contribution in [2.75, 3.05) is 27.9 Å². The summed E-state index contributed by atoms with van der Waals surface area (Å²) < 4.78 is 10.3. The van der Waals surface area contributed by atoms with Gasteiger partial charge in [0, 0.05) is 35.8 Å². The SMILES string of the molecule is C=Cc1ccc2c(c1)CN(C(C)=O)c1ccc(Cl)cc1/C=C\2.CCOC(=O)[C@H]1C[C@@H]1c1ccc2c(c1)CN(C(C)=O)c1ccc(Cl)cc1/C=C\2.CCOC(=O)[C@H]1C[C@H]1c1ccc2c(c1)CN(C(C)=O)c1ccc(Cl)cc1/C=C\2. The highest BCUT2D eigenvalue weighted by atomic mass is 35.5. The first-order valence-corrected chi connectivity index (χ1v) is 27.3. The number of halogens is 3. The van der Waals surface area contributed by atoms with Crippen LogP contribution in [0.15, 0.2) is 116 Å². The van der Waals surface area contributed by atoms with E-state index in [-0.39, 0.29) is 53.3 Å². The third-order valence-corrected chi connectivity index (χ3v) is 15.4. The summed E-state index contributed by atoms with van der Waals surface area (Å²) in [5.74, 6) is 0.0468. The summed E-state index contributed by atoms with van der Waals surface area (Å²) in [4.78, 5) is 66.2. The molecule has 6 aromatic rings. The number of nitrogens with zero attached hydrogens (tertiary/aromatic N) is 3. The van der Waals surface area contributed by atoms with Gasteiger partial charge < -0.3 is 24.2 Å². The molecule has 4 atom stereocenters. The molecule has 3 amide bonds. The molecule has 0 saturated heterocycles. The van der Waals surface area contributed by atoms with E-state index in [0.29, 0.717) is 47.9 Å². The molecular weight excluding hydrogens is 1040 g/mol. The molecule has 398 valence electrons. The Morgan fingerprint density at radius 1 is 0.474 bits per heavy atom. The van der Waals surface area contributed by atoms with Crippen LogP contribution >= 0.6 is 34.8 Å². The number of amides is 3. The lowest BCUT2D eigenvalue weighted by Crippen LogP contribution is -2.29. The second-order valence-electron chi connectivity index (χ2n) is 19.9. The minimum absolute atomic E-state index is 0.00817. The first-order valence-electron chi connectivity index (χ1n) is 26.1. The van der Waals surface area contributed by atoms with Crippen LogP contribution < -0.4 is 14.7 Å². The number of anilines is 3. The lowest BCUT2D eigenvalue weighted by molar-refractivity contribution is -0.145. The molecule has 0 unspecified atom stereocenters. The zero-order chi connectivity index (χ0) is 55.4. The molecule has 0 bridgehead atoms. The van der Waals surface area contributed by atoms with E-state index in [2.05, 4.69) is 73.3 Å². The fraction of sp³-hybridized carbons (Fsp3) is 0.246. The standard InChI is InChI=1S/2C23H22ClNO3.C19H16ClNO/c2*1-3-28-23(27)21-12-20(21)16-6-4-15-5-7-17-11-19(24)8-9-22(17)25(14(2)26)13-18(15)10-16;1-3-14-4-5-15-6-7-16-11-18(20)8-9-19(16)21(13(2)22)12-17(15)10-14/h2*4-11,20-21H,3,12-13H2,1-2H3;3-11H,1,12H2,2H3/b2*7-5-;7-6-/t20-,21+;20-,21-;/m10./s1. The monoisotopic (exact) mass is 1100 g/mol. The third kappa shape index (κ3) is 12.6. The van der Waals surface area contributed by atoms with Crippen LogP contribution in [0, 0.1) is 11.8 Å². The number of benzene rings is 6. The first-order chi connectivity index (χ1) is 37.5. The molecule has 3 aliphatic heterocycles. The van der Waals surface area contributed by atoms with Gasteiger partial charge >= 0.3 is 11.9 Å². The van der Waals surface area contributed by atoms with Crippen molar-refractivity contribution in [1.29, 1.82) is 0 Å². The average Bonchev–Trinajstić information content (AvgIpc) is 4.44. The van der Waals surface area contributed by atoms with Crippen molar-refractivity contribution in [3.8, 4) is 0 Å². The maximum absolute atomic E-state index is 12.4. The van der Waals surface area contributed by atoms with Crippen molar-refractivity contribution in [1.82, 2.24) is 0 Å². The number of carbonyl (C=O) groups is 5. The van der Waals surface area contributed by atoms with Crippen molar-refractivity contribution >= 4 is 124 Å². The van der Waals surface area contributed by atoms with E-state index in [0.717, 1.165) is 96.7 Å². The van der Waals surface area contributed by atoms with Crippen LogP contribution in [-0.4, -0.2) is 42.9 Å². The Bertz CT molecular complexity index is 3310. The lowest BCUT2D eigenvalue weighted by Gasteiger charge is -2.26. The topological polar surface area (TPSA) is 114 Å². The van der Waals surface area contributed by atoms with Crippen molar-refractivity contribution in [2.24, 2.45) is 11.8 Å². The van der Waals surface area contributed by atoms with Crippen molar-refractivity contribution in [2.45, 2.75) is 78.9 Å². The number of rotatable bonds is 7. The molecule has 0 radical (unpaired) electrons. The highest BCUT2D eigenvalue weighted by Gasteiger charge is 2.46. The van der Waals surface area contributed by atoms with Crippen molar-refractivity contribution < 1.29 is 33.4 Å². The van der Waals surface area contributed by atoms with Gasteiger partial charge in [-0.1, -0.05) is 132 Å². The molecule has 10 nitrogen and oxygen atoms in total. The molecule has 2 fully saturated rings. The van der Waals surface area contributed by atoms with Crippen LogP contribution in [0.2, 0.25) is 15.1 Å². The Morgan fingerprint density at radius 2 is 0.808 bits per heavy atom. The van der Waals surface area contributed by atoms with E-state index in [4.69, 9.17) is 44.3 Å². The maximum Gasteiger partial charge on any atom is 0.309 e. The molecule has 2 aliphatic carbocycles. The molecule has 5 aliphatic rings. The van der Waals surface area contributed by atoms with E-state index >= 15 is 0 Å². The molecular formula is C65H60Cl3N3O7. The molecule has 2 saturated carbocycles. The smallest absolute Gasteiger partial charge is 0.309 e. The molecule has 11 rings (SSSR count). The fourth-order valence-corrected chi connectivity index (χ4v) is 10.9. The Labute approximate surface area is 471 Å². The van der Waals surface area contributed by atoms with Gasteiger partial charge in [-0.15, -0.1) is 0 Å². The summed E-state index contributed by atoms with van der Waals surface area (Å²) in [7, 11) is 0. The van der Waals surface area contributed by atoms with Crippen molar-refractivity contribution in [3.63, 3.8) is 0 Å². The number of fused-ring (bicyclic) bond motifs is 6. The summed E-state index contributed by atoms with van der Waals surface area (Å²) in [6.45, 7) is 14.5.